The molecule has 1 aromatic carbocycles. The molecule has 0 radical (unpaired) electrons. The van der Waals surface area contributed by atoms with E-state index in [0.717, 1.165) is 23.9 Å². The number of aromatic nitrogens is 3. The highest BCUT2D eigenvalue weighted by molar-refractivity contribution is 8.02. The maximum atomic E-state index is 14.9. The number of nitrogens with zero attached hydrogens (tertiary/aromatic N) is 6. The van der Waals surface area contributed by atoms with Crippen molar-refractivity contribution in [2.75, 3.05) is 26.2 Å². The molecule has 4 heterocycles. The van der Waals surface area contributed by atoms with E-state index in [1.54, 1.807) is 43.3 Å². The Bertz CT molecular complexity index is 1390. The minimum absolute atomic E-state index is 0.0164. The summed E-state index contributed by atoms with van der Waals surface area (Å²) in [6.45, 7) is 16.9. The van der Waals surface area contributed by atoms with E-state index in [-0.39, 0.29) is 54.6 Å². The first-order valence-corrected chi connectivity index (χ1v) is 16.2. The molecule has 5 rings (SSSR count). The molecule has 3 aliphatic heterocycles. The molecule has 232 valence electrons. The van der Waals surface area contributed by atoms with E-state index in [4.69, 9.17) is 0 Å². The van der Waals surface area contributed by atoms with Crippen molar-refractivity contribution in [3.63, 3.8) is 0 Å². The summed E-state index contributed by atoms with van der Waals surface area (Å²) in [4.78, 5) is 48.8. The smallest absolute Gasteiger partial charge is 0.248 e. The van der Waals surface area contributed by atoms with Gasteiger partial charge >= 0.3 is 0 Å². The average molecular weight is 609 g/mol. The molecule has 1 aromatic heterocycles. The fourth-order valence-electron chi connectivity index (χ4n) is 7.66. The van der Waals surface area contributed by atoms with Crippen LogP contribution >= 0.6 is 11.8 Å². The van der Waals surface area contributed by atoms with Crippen molar-refractivity contribution in [2.24, 2.45) is 23.7 Å². The van der Waals surface area contributed by atoms with Gasteiger partial charge in [0.1, 0.15) is 18.2 Å². The van der Waals surface area contributed by atoms with E-state index in [1.807, 2.05) is 45.0 Å². The predicted molar refractivity (Wildman–Crippen MR) is 168 cm³/mol. The van der Waals surface area contributed by atoms with Gasteiger partial charge in [0.05, 0.1) is 34.7 Å². The Kier molecular flexibility index (Phi) is 9.04. The second-order valence-electron chi connectivity index (χ2n) is 12.4. The van der Waals surface area contributed by atoms with Crippen LogP contribution in [0.3, 0.4) is 0 Å². The highest BCUT2D eigenvalue weighted by Crippen LogP contribution is 2.69. The molecule has 3 amide bonds. The Hall–Kier alpha value is -3.18. The summed E-state index contributed by atoms with van der Waals surface area (Å²) in [5, 5.41) is 19.1. The number of rotatable bonds is 13. The molecule has 3 fully saturated rings. The second-order valence-corrected chi connectivity index (χ2v) is 14.0. The van der Waals surface area contributed by atoms with E-state index in [1.165, 1.54) is 0 Å². The number of amides is 3. The van der Waals surface area contributed by atoms with E-state index in [0.29, 0.717) is 13.1 Å². The quantitative estimate of drug-likeness (QED) is 0.348. The van der Waals surface area contributed by atoms with Crippen molar-refractivity contribution in [1.82, 2.24) is 29.7 Å². The summed E-state index contributed by atoms with van der Waals surface area (Å²) in [6.07, 6.45) is 4.94. The van der Waals surface area contributed by atoms with Gasteiger partial charge in [-0.05, 0) is 36.8 Å². The average Bonchev–Trinajstić information content (AvgIpc) is 3.70. The first-order chi connectivity index (χ1) is 20.7. The number of hydrogen-bond donors (Lipinski definition) is 1. The highest BCUT2D eigenvalue weighted by Gasteiger charge is 2.77. The number of aliphatic hydroxyl groups is 1. The minimum atomic E-state index is -0.846. The van der Waals surface area contributed by atoms with Gasteiger partial charge in [-0.2, -0.15) is 0 Å². The molecule has 43 heavy (non-hydrogen) atoms. The number of carbonyl (C=O) groups is 3. The van der Waals surface area contributed by atoms with Crippen molar-refractivity contribution in [1.29, 1.82) is 0 Å². The van der Waals surface area contributed by atoms with Crippen molar-refractivity contribution in [3.8, 4) is 0 Å². The van der Waals surface area contributed by atoms with Gasteiger partial charge in [0.2, 0.25) is 17.7 Å². The van der Waals surface area contributed by atoms with Crippen LogP contribution in [-0.2, 0) is 21.1 Å². The van der Waals surface area contributed by atoms with Crippen molar-refractivity contribution < 1.29 is 19.5 Å². The van der Waals surface area contributed by atoms with Crippen LogP contribution in [0.25, 0.3) is 11.0 Å². The Balaban J connectivity index is 1.59. The first kappa shape index (κ1) is 31.3. The third kappa shape index (κ3) is 4.98. The van der Waals surface area contributed by atoms with E-state index in [9.17, 15) is 19.5 Å². The number of likely N-dealkylation sites (tertiary alicyclic amines) is 1. The van der Waals surface area contributed by atoms with E-state index in [2.05, 4.69) is 30.4 Å². The SMILES string of the molecule is C=CCN(Cn1nnc2ccccc21)C(=O)C1N([C@@H](CO)C(C)C)C(=O)[C@@H]2[C@H](C(=O)N(CC=C)CCC)[C@@H]3CC(C)C12S3. The number of carbonyl (C=O) groups excluding carboxylic acids is 3. The van der Waals surface area contributed by atoms with E-state index >= 15 is 0 Å². The maximum absolute atomic E-state index is 14.9. The molecule has 0 saturated carbocycles. The summed E-state index contributed by atoms with van der Waals surface area (Å²) < 4.78 is 0.892. The number of hydrogen-bond acceptors (Lipinski definition) is 7. The molecule has 3 unspecified atom stereocenters. The first-order valence-electron chi connectivity index (χ1n) is 15.3. The van der Waals surface area contributed by atoms with Gasteiger partial charge in [0.15, 0.2) is 0 Å². The molecule has 0 aliphatic carbocycles. The zero-order chi connectivity index (χ0) is 31.1. The standard InChI is InChI=1S/C32H44N6O4S/c1-7-14-35(15-8-2)29(40)26-25-17-21(6)32(43-25)27(26)30(41)38(24(18-39)20(4)5)28(32)31(42)36(16-9-3)19-37-23-13-11-10-12-22(23)33-34-37/h7,9-13,20-21,24-28,39H,1,3,8,14-19H2,2,4-6H3/t21?,24-,25-,26+,27-,28?,32?/m0/s1. The molecule has 1 spiro atoms. The molecule has 2 bridgehead atoms. The highest BCUT2D eigenvalue weighted by atomic mass is 32.2. The van der Waals surface area contributed by atoms with Gasteiger partial charge in [0, 0.05) is 24.9 Å². The monoisotopic (exact) mass is 608 g/mol. The lowest BCUT2D eigenvalue weighted by Crippen LogP contribution is -2.60. The van der Waals surface area contributed by atoms with Crippen LogP contribution in [0.4, 0.5) is 0 Å². The third-order valence-electron chi connectivity index (χ3n) is 9.56. The van der Waals surface area contributed by atoms with Gasteiger partial charge < -0.3 is 19.8 Å². The number of para-hydroxylation sites is 1. The van der Waals surface area contributed by atoms with Gasteiger partial charge in [0.25, 0.3) is 0 Å². The van der Waals surface area contributed by atoms with Crippen LogP contribution in [0.2, 0.25) is 0 Å². The van der Waals surface area contributed by atoms with Gasteiger partial charge in [-0.1, -0.05) is 57.2 Å². The molecule has 10 nitrogen and oxygen atoms in total. The van der Waals surface area contributed by atoms with Crippen LogP contribution in [-0.4, -0.2) is 101 Å². The number of thioether (sulfide) groups is 1. The van der Waals surface area contributed by atoms with E-state index < -0.39 is 28.7 Å². The lowest BCUT2D eigenvalue weighted by molar-refractivity contribution is -0.148. The molecular formula is C32H44N6O4S. The Labute approximate surface area is 258 Å². The summed E-state index contributed by atoms with van der Waals surface area (Å²) in [6, 6.07) is 6.15. The Morgan fingerprint density at radius 2 is 1.88 bits per heavy atom. The summed E-state index contributed by atoms with van der Waals surface area (Å²) in [7, 11) is 0. The van der Waals surface area contributed by atoms with Crippen LogP contribution < -0.4 is 0 Å². The fraction of sp³-hybridized carbons (Fsp3) is 0.594. The molecule has 2 aromatic rings. The van der Waals surface area contributed by atoms with Gasteiger partial charge in [-0.15, -0.1) is 30.0 Å². The normalized spacial score (nSPS) is 28.4. The predicted octanol–water partition coefficient (Wildman–Crippen LogP) is 3.18. The van der Waals surface area contributed by atoms with Crippen molar-refractivity contribution in [2.45, 2.75) is 69.3 Å². The summed E-state index contributed by atoms with van der Waals surface area (Å²) >= 11 is 1.65. The molecule has 11 heteroatoms. The van der Waals surface area contributed by atoms with Crippen molar-refractivity contribution in [3.05, 3.63) is 49.6 Å². The number of aliphatic hydroxyl groups excluding tert-OH is 1. The van der Waals surface area contributed by atoms with Gasteiger partial charge in [-0.25, -0.2) is 4.68 Å². The molecule has 1 N–H and O–H groups in total. The fourth-order valence-corrected chi connectivity index (χ4v) is 10.1. The lowest BCUT2D eigenvalue weighted by atomic mass is 9.65. The third-order valence-corrected chi connectivity index (χ3v) is 11.6. The van der Waals surface area contributed by atoms with Crippen LogP contribution in [0.15, 0.2) is 49.6 Å². The largest absolute Gasteiger partial charge is 0.394 e. The van der Waals surface area contributed by atoms with Crippen molar-refractivity contribution >= 4 is 40.5 Å². The number of benzene rings is 1. The molecule has 3 aliphatic rings. The zero-order valence-corrected chi connectivity index (χ0v) is 26.4. The molecule has 3 saturated heterocycles. The zero-order valence-electron chi connectivity index (χ0n) is 25.6. The second kappa shape index (κ2) is 12.4. The number of fused-ring (bicyclic) bond motifs is 2. The molecule has 7 atom stereocenters. The van der Waals surface area contributed by atoms with Crippen LogP contribution in [0.1, 0.15) is 40.5 Å². The van der Waals surface area contributed by atoms with Gasteiger partial charge in [-0.3, -0.25) is 14.4 Å². The summed E-state index contributed by atoms with van der Waals surface area (Å²) in [5.41, 5.74) is 1.52. The topological polar surface area (TPSA) is 112 Å². The Morgan fingerprint density at radius 3 is 2.53 bits per heavy atom. The van der Waals surface area contributed by atoms with Crippen LogP contribution in [0.5, 0.6) is 0 Å². The maximum Gasteiger partial charge on any atom is 0.248 e. The lowest BCUT2D eigenvalue weighted by Gasteiger charge is -2.42. The summed E-state index contributed by atoms with van der Waals surface area (Å²) in [5.74, 6) is -1.73. The minimum Gasteiger partial charge on any atom is -0.394 e. The Morgan fingerprint density at radius 1 is 1.19 bits per heavy atom. The molecular weight excluding hydrogens is 564 g/mol. The van der Waals surface area contributed by atoms with Crippen LogP contribution in [0, 0.1) is 23.7 Å².